The van der Waals surface area contributed by atoms with E-state index in [-0.39, 0.29) is 12.1 Å². The van der Waals surface area contributed by atoms with Gasteiger partial charge in [0.1, 0.15) is 0 Å². The van der Waals surface area contributed by atoms with Gasteiger partial charge in [-0.05, 0) is 36.2 Å². The van der Waals surface area contributed by atoms with Gasteiger partial charge in [-0.15, -0.1) is 0 Å². The molecule has 3 aliphatic rings. The van der Waals surface area contributed by atoms with Crippen LogP contribution < -0.4 is 11.1 Å². The summed E-state index contributed by atoms with van der Waals surface area (Å²) >= 11 is 0. The van der Waals surface area contributed by atoms with Crippen molar-refractivity contribution in [3.63, 3.8) is 0 Å². The second-order valence-corrected chi connectivity index (χ2v) is 5.53. The highest BCUT2D eigenvalue weighted by Gasteiger charge is 2.38. The molecule has 3 atom stereocenters. The highest BCUT2D eigenvalue weighted by Crippen LogP contribution is 2.47. The van der Waals surface area contributed by atoms with E-state index >= 15 is 0 Å². The van der Waals surface area contributed by atoms with Gasteiger partial charge < -0.3 is 11.1 Å². The summed E-state index contributed by atoms with van der Waals surface area (Å²) in [7, 11) is 0. The van der Waals surface area contributed by atoms with E-state index < -0.39 is 6.98 Å². The fourth-order valence-corrected chi connectivity index (χ4v) is 3.66. The third-order valence-electron chi connectivity index (χ3n) is 4.41. The van der Waals surface area contributed by atoms with Crippen molar-refractivity contribution in [2.75, 3.05) is 25.4 Å². The zero-order chi connectivity index (χ0) is 14.8. The van der Waals surface area contributed by atoms with Crippen LogP contribution in [-0.4, -0.2) is 37.0 Å². The summed E-state index contributed by atoms with van der Waals surface area (Å²) < 4.78 is 23.5. The molecule has 0 spiro atoms. The number of hydrogen-bond donors (Lipinski definition) is 2. The van der Waals surface area contributed by atoms with E-state index in [1.807, 2.05) is 6.07 Å². The Kier molecular flexibility index (Phi) is 1.59. The van der Waals surface area contributed by atoms with Gasteiger partial charge in [-0.3, -0.25) is 4.90 Å². The van der Waals surface area contributed by atoms with Gasteiger partial charge in [0, 0.05) is 40.9 Å². The minimum atomic E-state index is -2.09. The molecule has 94 valence electrons. The average Bonchev–Trinajstić information content (AvgIpc) is 2.83. The van der Waals surface area contributed by atoms with Crippen LogP contribution in [0.5, 0.6) is 0 Å². The summed E-state index contributed by atoms with van der Waals surface area (Å²) in [4.78, 5) is 1.61. The number of hydrogen-bond acceptors (Lipinski definition) is 3. The molecule has 0 amide bonds. The number of nitrogens with zero attached hydrogens (tertiary/aromatic N) is 1. The Bertz CT molecular complexity index is 623. The van der Waals surface area contributed by atoms with E-state index in [1.165, 1.54) is 16.8 Å². The van der Waals surface area contributed by atoms with Gasteiger partial charge in [-0.2, -0.15) is 0 Å². The van der Waals surface area contributed by atoms with Gasteiger partial charge in [0.25, 0.3) is 0 Å². The maximum atomic E-state index is 7.82. The van der Waals surface area contributed by atoms with E-state index in [9.17, 15) is 0 Å². The predicted octanol–water partition coefficient (Wildman–Crippen LogP) is 1.62. The van der Waals surface area contributed by atoms with Crippen LogP contribution in [-0.2, 0) is 0 Å². The largest absolute Gasteiger partial charge is 0.384 e. The standard InChI is InChI=1S/C15H19N3/c1-18-8-10(16)6-12-11-3-2-4-13-15(11)9(7-17-13)5-14(12)18/h2-4,6,9-10,14,17H,5,7-8,16H2,1H3/t9?,10-,14+/m0/s1/i1D3. The molecule has 2 aliphatic heterocycles. The van der Waals surface area contributed by atoms with Crippen molar-refractivity contribution in [2.24, 2.45) is 5.73 Å². The Labute approximate surface area is 112 Å². The molecule has 2 heterocycles. The molecular weight excluding hydrogens is 222 g/mol. The third kappa shape index (κ3) is 1.32. The van der Waals surface area contributed by atoms with Crippen LogP contribution in [0.1, 0.15) is 27.6 Å². The fraction of sp³-hybridized carbons (Fsp3) is 0.467. The Hall–Kier alpha value is -1.32. The van der Waals surface area contributed by atoms with E-state index in [0.717, 1.165) is 18.5 Å². The number of nitrogens with one attached hydrogen (secondary N) is 1. The topological polar surface area (TPSA) is 41.3 Å². The first-order valence-electron chi connectivity index (χ1n) is 8.06. The summed E-state index contributed by atoms with van der Waals surface area (Å²) in [5.74, 6) is 0.400. The van der Waals surface area contributed by atoms with Crippen molar-refractivity contribution in [2.45, 2.75) is 24.4 Å². The van der Waals surface area contributed by atoms with Crippen molar-refractivity contribution in [1.29, 1.82) is 0 Å². The monoisotopic (exact) mass is 244 g/mol. The van der Waals surface area contributed by atoms with Gasteiger partial charge >= 0.3 is 0 Å². The number of anilines is 1. The molecule has 1 aliphatic carbocycles. The Morgan fingerprint density at radius 3 is 3.33 bits per heavy atom. The smallest absolute Gasteiger partial charge is 0.0394 e. The van der Waals surface area contributed by atoms with Gasteiger partial charge in [0.15, 0.2) is 0 Å². The number of likely N-dealkylation sites (N-methyl/N-ethyl adjacent to an activating group) is 1. The molecule has 3 N–H and O–H groups in total. The van der Waals surface area contributed by atoms with Crippen LogP contribution in [0.2, 0.25) is 0 Å². The molecule has 1 aromatic carbocycles. The second-order valence-electron chi connectivity index (χ2n) is 5.53. The second kappa shape index (κ2) is 3.59. The lowest BCUT2D eigenvalue weighted by atomic mass is 9.75. The van der Waals surface area contributed by atoms with Crippen LogP contribution >= 0.6 is 0 Å². The van der Waals surface area contributed by atoms with E-state index in [0.29, 0.717) is 12.5 Å². The normalized spacial score (nSPS) is 36.6. The number of fused-ring (bicyclic) bond motifs is 2. The molecule has 0 saturated carbocycles. The lowest BCUT2D eigenvalue weighted by molar-refractivity contribution is 0.248. The first-order valence-corrected chi connectivity index (χ1v) is 6.56. The lowest BCUT2D eigenvalue weighted by Crippen LogP contribution is -2.47. The molecule has 1 aromatic rings. The maximum Gasteiger partial charge on any atom is 0.0394 e. The third-order valence-corrected chi connectivity index (χ3v) is 4.41. The van der Waals surface area contributed by atoms with Crippen molar-refractivity contribution in [3.8, 4) is 0 Å². The van der Waals surface area contributed by atoms with Crippen LogP contribution in [0, 0.1) is 0 Å². The van der Waals surface area contributed by atoms with Gasteiger partial charge in [-0.25, -0.2) is 0 Å². The number of nitrogens with two attached hydrogens (primary N) is 1. The molecule has 0 saturated heterocycles. The molecule has 4 rings (SSSR count). The summed E-state index contributed by atoms with van der Waals surface area (Å²) in [6, 6.07) is 5.96. The molecule has 0 radical (unpaired) electrons. The Morgan fingerprint density at radius 1 is 1.50 bits per heavy atom. The zero-order valence-electron chi connectivity index (χ0n) is 13.2. The van der Waals surface area contributed by atoms with Crippen LogP contribution in [0.25, 0.3) is 5.57 Å². The first-order chi connectivity index (χ1) is 9.95. The fourth-order valence-electron chi connectivity index (χ4n) is 3.66. The van der Waals surface area contributed by atoms with Gasteiger partial charge in [-0.1, -0.05) is 18.2 Å². The van der Waals surface area contributed by atoms with Gasteiger partial charge in [0.05, 0.1) is 0 Å². The van der Waals surface area contributed by atoms with E-state index in [1.54, 1.807) is 4.90 Å². The summed E-state index contributed by atoms with van der Waals surface area (Å²) in [5.41, 5.74) is 10.9. The average molecular weight is 244 g/mol. The molecule has 3 nitrogen and oxygen atoms in total. The predicted molar refractivity (Wildman–Crippen MR) is 74.7 cm³/mol. The van der Waals surface area contributed by atoms with Crippen LogP contribution in [0.4, 0.5) is 5.69 Å². The number of benzene rings is 1. The zero-order valence-corrected chi connectivity index (χ0v) is 10.2. The number of rotatable bonds is 0. The quantitative estimate of drug-likeness (QED) is 0.729. The lowest BCUT2D eigenvalue weighted by Gasteiger charge is -2.41. The Balaban J connectivity index is 1.86. The molecule has 18 heavy (non-hydrogen) atoms. The molecule has 1 unspecified atom stereocenters. The molecule has 3 heteroatoms. The van der Waals surface area contributed by atoms with E-state index in [4.69, 9.17) is 9.85 Å². The molecule has 0 bridgehead atoms. The van der Waals surface area contributed by atoms with Crippen molar-refractivity contribution >= 4 is 11.3 Å². The maximum absolute atomic E-state index is 7.82. The summed E-state index contributed by atoms with van der Waals surface area (Å²) in [6.45, 7) is -0.792. The van der Waals surface area contributed by atoms with Crippen LogP contribution in [0.3, 0.4) is 0 Å². The highest BCUT2D eigenvalue weighted by molar-refractivity contribution is 5.81. The summed E-state index contributed by atoms with van der Waals surface area (Å²) in [5, 5.41) is 3.44. The van der Waals surface area contributed by atoms with Crippen molar-refractivity contribution in [3.05, 3.63) is 35.4 Å². The SMILES string of the molecule is [2H]C([2H])([2H])N1C[C@@H](N)C=C2c3cccc4c3C(CN4)C[C@H]21. The first kappa shape index (κ1) is 7.97. The highest BCUT2D eigenvalue weighted by atomic mass is 15.2. The molecular formula is C15H19N3. The Morgan fingerprint density at radius 2 is 2.44 bits per heavy atom. The van der Waals surface area contributed by atoms with Crippen LogP contribution in [0.15, 0.2) is 24.3 Å². The molecule has 0 fully saturated rings. The van der Waals surface area contributed by atoms with Crippen molar-refractivity contribution in [1.82, 2.24) is 4.90 Å². The van der Waals surface area contributed by atoms with E-state index in [2.05, 4.69) is 23.5 Å². The van der Waals surface area contributed by atoms with Crippen molar-refractivity contribution < 1.29 is 4.11 Å². The minimum absolute atomic E-state index is 0.0510. The summed E-state index contributed by atoms with van der Waals surface area (Å²) in [6.07, 6.45) is 2.92. The molecule has 0 aromatic heterocycles. The minimum Gasteiger partial charge on any atom is -0.384 e. The van der Waals surface area contributed by atoms with Gasteiger partial charge in [0.2, 0.25) is 0 Å².